The molecule has 19 heavy (non-hydrogen) atoms. The normalized spacial score (nSPS) is 12.4. The van der Waals surface area contributed by atoms with Gasteiger partial charge in [-0.1, -0.05) is 13.0 Å². The second-order valence-corrected chi connectivity index (χ2v) is 5.01. The molecular formula is C13H17BrN4O. The fourth-order valence-electron chi connectivity index (χ4n) is 1.97. The first-order valence-electron chi connectivity index (χ1n) is 6.15. The number of rotatable bonds is 6. The quantitative estimate of drug-likeness (QED) is 0.856. The van der Waals surface area contributed by atoms with Crippen molar-refractivity contribution in [3.63, 3.8) is 0 Å². The first kappa shape index (κ1) is 14.0. The number of aromatic nitrogens is 3. The van der Waals surface area contributed by atoms with E-state index in [0.29, 0.717) is 0 Å². The molecule has 1 heterocycles. The van der Waals surface area contributed by atoms with Gasteiger partial charge >= 0.3 is 0 Å². The second-order valence-electron chi connectivity index (χ2n) is 4.15. The Hall–Kier alpha value is -1.40. The third-order valence-electron chi connectivity index (χ3n) is 2.87. The Morgan fingerprint density at radius 1 is 1.47 bits per heavy atom. The van der Waals surface area contributed by atoms with Crippen LogP contribution >= 0.6 is 15.9 Å². The van der Waals surface area contributed by atoms with E-state index in [-0.39, 0.29) is 6.04 Å². The predicted molar refractivity (Wildman–Crippen MR) is 77.2 cm³/mol. The summed E-state index contributed by atoms with van der Waals surface area (Å²) >= 11 is 3.50. The van der Waals surface area contributed by atoms with E-state index in [0.717, 1.165) is 29.0 Å². The maximum absolute atomic E-state index is 5.23. The molecule has 0 saturated heterocycles. The third-order valence-corrected chi connectivity index (χ3v) is 3.49. The van der Waals surface area contributed by atoms with Gasteiger partial charge in [-0.05, 0) is 46.6 Å². The summed E-state index contributed by atoms with van der Waals surface area (Å²) in [6.07, 6.45) is 2.37. The molecule has 1 aromatic heterocycles. The Balaban J connectivity index is 2.15. The number of aromatic amines is 1. The lowest BCUT2D eigenvalue weighted by molar-refractivity contribution is 0.412. The zero-order chi connectivity index (χ0) is 13.7. The van der Waals surface area contributed by atoms with Crippen molar-refractivity contribution in [1.82, 2.24) is 20.5 Å². The number of nitrogens with zero attached hydrogens (tertiary/aromatic N) is 2. The zero-order valence-electron chi connectivity index (χ0n) is 11.0. The van der Waals surface area contributed by atoms with E-state index in [1.54, 1.807) is 7.11 Å². The monoisotopic (exact) mass is 324 g/mol. The molecule has 1 unspecified atom stereocenters. The van der Waals surface area contributed by atoms with Crippen LogP contribution in [0.2, 0.25) is 0 Å². The number of nitrogens with one attached hydrogen (secondary N) is 2. The maximum atomic E-state index is 5.23. The van der Waals surface area contributed by atoms with Gasteiger partial charge in [0.2, 0.25) is 0 Å². The summed E-state index contributed by atoms with van der Waals surface area (Å²) in [4.78, 5) is 4.22. The predicted octanol–water partition coefficient (Wildman–Crippen LogP) is 2.47. The molecule has 2 aromatic rings. The Bertz CT molecular complexity index is 515. The molecular weight excluding hydrogens is 308 g/mol. The number of likely N-dealkylation sites (N-methyl/N-ethyl adjacent to an activating group) is 1. The molecule has 5 nitrogen and oxygen atoms in total. The number of H-pyrrole nitrogens is 1. The topological polar surface area (TPSA) is 62.8 Å². The summed E-state index contributed by atoms with van der Waals surface area (Å²) < 4.78 is 6.19. The largest absolute Gasteiger partial charge is 0.496 e. The third kappa shape index (κ3) is 3.54. The highest BCUT2D eigenvalue weighted by atomic mass is 79.9. The van der Waals surface area contributed by atoms with E-state index in [1.807, 2.05) is 6.07 Å². The lowest BCUT2D eigenvalue weighted by atomic mass is 10.1. The van der Waals surface area contributed by atoms with Crippen LogP contribution in [-0.2, 0) is 6.42 Å². The van der Waals surface area contributed by atoms with Gasteiger partial charge in [0.15, 0.2) is 0 Å². The summed E-state index contributed by atoms with van der Waals surface area (Å²) in [5.41, 5.74) is 1.20. The molecule has 1 atom stereocenters. The van der Waals surface area contributed by atoms with Crippen LogP contribution in [0, 0.1) is 0 Å². The molecule has 0 aliphatic rings. The molecule has 0 aliphatic heterocycles. The van der Waals surface area contributed by atoms with E-state index < -0.39 is 0 Å². The van der Waals surface area contributed by atoms with Crippen LogP contribution in [0.5, 0.6) is 5.75 Å². The smallest absolute Gasteiger partial charge is 0.141 e. The highest BCUT2D eigenvalue weighted by Gasteiger charge is 2.14. The van der Waals surface area contributed by atoms with Crippen molar-refractivity contribution in [1.29, 1.82) is 0 Å². The second kappa shape index (κ2) is 6.68. The van der Waals surface area contributed by atoms with Gasteiger partial charge in [0.1, 0.15) is 17.9 Å². The molecule has 2 N–H and O–H groups in total. The van der Waals surface area contributed by atoms with Gasteiger partial charge in [-0.15, -0.1) is 0 Å². The number of benzene rings is 1. The van der Waals surface area contributed by atoms with E-state index in [2.05, 4.69) is 55.5 Å². The Labute approximate surface area is 120 Å². The lowest BCUT2D eigenvalue weighted by Gasteiger charge is -2.15. The van der Waals surface area contributed by atoms with Crippen molar-refractivity contribution in [3.8, 4) is 5.75 Å². The highest BCUT2D eigenvalue weighted by Crippen LogP contribution is 2.27. The number of ether oxygens (including phenoxy) is 1. The molecule has 2 rings (SSSR count). The van der Waals surface area contributed by atoms with Crippen LogP contribution < -0.4 is 10.1 Å². The molecule has 0 amide bonds. The van der Waals surface area contributed by atoms with Gasteiger partial charge < -0.3 is 10.1 Å². The zero-order valence-corrected chi connectivity index (χ0v) is 12.6. The maximum Gasteiger partial charge on any atom is 0.141 e. The first-order valence-corrected chi connectivity index (χ1v) is 6.95. The minimum atomic E-state index is 0.132. The number of hydrogen-bond acceptors (Lipinski definition) is 4. The summed E-state index contributed by atoms with van der Waals surface area (Å²) in [6.45, 7) is 2.95. The van der Waals surface area contributed by atoms with Gasteiger partial charge in [0.25, 0.3) is 0 Å². The number of hydrogen-bond donors (Lipinski definition) is 2. The molecule has 102 valence electrons. The molecule has 0 fully saturated rings. The molecule has 1 aromatic carbocycles. The Kier molecular flexibility index (Phi) is 4.93. The van der Waals surface area contributed by atoms with E-state index in [9.17, 15) is 0 Å². The standard InChI is InChI=1S/C13H17BrN4O/c1-3-15-11(13-16-8-17-18-13)7-9-4-5-12(19-2)10(14)6-9/h4-6,8,11,15H,3,7H2,1-2H3,(H,16,17,18). The summed E-state index contributed by atoms with van der Waals surface area (Å²) in [6, 6.07) is 6.22. The first-order chi connectivity index (χ1) is 9.24. The highest BCUT2D eigenvalue weighted by molar-refractivity contribution is 9.10. The minimum absolute atomic E-state index is 0.132. The van der Waals surface area contributed by atoms with Crippen LogP contribution in [-0.4, -0.2) is 28.8 Å². The van der Waals surface area contributed by atoms with Crippen molar-refractivity contribution in [2.24, 2.45) is 0 Å². The van der Waals surface area contributed by atoms with Gasteiger partial charge in [-0.25, -0.2) is 4.98 Å². The SMILES string of the molecule is CCNC(Cc1ccc(OC)c(Br)c1)c1ncn[nH]1. The fraction of sp³-hybridized carbons (Fsp3) is 0.385. The molecule has 0 spiro atoms. The van der Waals surface area contributed by atoms with Gasteiger partial charge in [-0.3, -0.25) is 5.10 Å². The summed E-state index contributed by atoms with van der Waals surface area (Å²) in [7, 11) is 1.66. The van der Waals surface area contributed by atoms with Gasteiger partial charge in [-0.2, -0.15) is 5.10 Å². The van der Waals surface area contributed by atoms with Gasteiger partial charge in [0, 0.05) is 0 Å². The van der Waals surface area contributed by atoms with Crippen LogP contribution in [0.1, 0.15) is 24.4 Å². The number of halogens is 1. The summed E-state index contributed by atoms with van der Waals surface area (Å²) in [5, 5.41) is 10.2. The van der Waals surface area contributed by atoms with Crippen molar-refractivity contribution in [2.75, 3.05) is 13.7 Å². The average Bonchev–Trinajstić information content (AvgIpc) is 2.92. The molecule has 6 heteroatoms. The van der Waals surface area contributed by atoms with Crippen LogP contribution in [0.3, 0.4) is 0 Å². The van der Waals surface area contributed by atoms with Crippen LogP contribution in [0.25, 0.3) is 0 Å². The number of methoxy groups -OCH3 is 1. The summed E-state index contributed by atoms with van der Waals surface area (Å²) in [5.74, 6) is 1.69. The van der Waals surface area contributed by atoms with Crippen molar-refractivity contribution < 1.29 is 4.74 Å². The van der Waals surface area contributed by atoms with Crippen molar-refractivity contribution in [2.45, 2.75) is 19.4 Å². The van der Waals surface area contributed by atoms with E-state index >= 15 is 0 Å². The fourth-order valence-corrected chi connectivity index (χ4v) is 2.56. The van der Waals surface area contributed by atoms with Crippen LogP contribution in [0.15, 0.2) is 29.0 Å². The van der Waals surface area contributed by atoms with Crippen molar-refractivity contribution in [3.05, 3.63) is 40.4 Å². The van der Waals surface area contributed by atoms with E-state index in [4.69, 9.17) is 4.74 Å². The molecule has 0 bridgehead atoms. The minimum Gasteiger partial charge on any atom is -0.496 e. The van der Waals surface area contributed by atoms with Gasteiger partial charge in [0.05, 0.1) is 17.6 Å². The molecule has 0 saturated carbocycles. The van der Waals surface area contributed by atoms with Crippen molar-refractivity contribution >= 4 is 15.9 Å². The lowest BCUT2D eigenvalue weighted by Crippen LogP contribution is -2.24. The average molecular weight is 325 g/mol. The Morgan fingerprint density at radius 3 is 2.89 bits per heavy atom. The Morgan fingerprint density at radius 2 is 2.32 bits per heavy atom. The van der Waals surface area contributed by atoms with E-state index in [1.165, 1.54) is 11.9 Å². The molecule has 0 aliphatic carbocycles. The van der Waals surface area contributed by atoms with Crippen LogP contribution in [0.4, 0.5) is 0 Å². The molecule has 0 radical (unpaired) electrons.